The molecule has 0 atom stereocenters. The number of benzene rings is 3. The Balaban J connectivity index is 2.08. The number of hydrogen-bond acceptors (Lipinski definition) is 5. The van der Waals surface area contributed by atoms with Crippen LogP contribution < -0.4 is 9.46 Å². The first kappa shape index (κ1) is 22.1. The number of ether oxygens (including phenoxy) is 1. The molecule has 0 bridgehead atoms. The van der Waals surface area contributed by atoms with Crippen LogP contribution in [0.2, 0.25) is 5.02 Å². The van der Waals surface area contributed by atoms with E-state index in [4.69, 9.17) is 16.3 Å². The van der Waals surface area contributed by atoms with E-state index in [9.17, 15) is 16.8 Å². The molecule has 0 heterocycles. The summed E-state index contributed by atoms with van der Waals surface area (Å²) >= 11 is 5.86. The van der Waals surface area contributed by atoms with Crippen LogP contribution in [0.1, 0.15) is 11.1 Å². The summed E-state index contributed by atoms with van der Waals surface area (Å²) in [6.07, 6.45) is 0. The van der Waals surface area contributed by atoms with Gasteiger partial charge in [-0.25, -0.2) is 16.8 Å². The fraction of sp³-hybridized carbons (Fsp3) is 0.143. The van der Waals surface area contributed by atoms with Gasteiger partial charge in [0.05, 0.1) is 21.8 Å². The van der Waals surface area contributed by atoms with Crippen molar-refractivity contribution in [2.45, 2.75) is 28.5 Å². The maximum absolute atomic E-state index is 13.2. The number of aryl methyl sites for hydroxylation is 1. The summed E-state index contributed by atoms with van der Waals surface area (Å²) < 4.78 is 59.9. The van der Waals surface area contributed by atoms with E-state index in [1.165, 1.54) is 50.4 Å². The molecule has 0 radical (unpaired) electrons. The first-order valence-electron chi connectivity index (χ1n) is 8.83. The molecule has 9 heteroatoms. The van der Waals surface area contributed by atoms with Crippen LogP contribution in [-0.2, 0) is 19.9 Å². The first-order valence-corrected chi connectivity index (χ1v) is 12.2. The number of sulfone groups is 1. The van der Waals surface area contributed by atoms with Crippen molar-refractivity contribution in [3.8, 4) is 5.75 Å². The van der Waals surface area contributed by atoms with Crippen molar-refractivity contribution >= 4 is 37.1 Å². The quantitative estimate of drug-likeness (QED) is 0.574. The van der Waals surface area contributed by atoms with E-state index in [0.29, 0.717) is 22.0 Å². The van der Waals surface area contributed by atoms with Crippen LogP contribution in [-0.4, -0.2) is 23.9 Å². The third-order valence-corrected chi connectivity index (χ3v) is 8.16. The Hall–Kier alpha value is -2.55. The Morgan fingerprint density at radius 1 is 0.833 bits per heavy atom. The summed E-state index contributed by atoms with van der Waals surface area (Å²) in [6, 6.07) is 15.0. The minimum Gasteiger partial charge on any atom is -0.497 e. The van der Waals surface area contributed by atoms with E-state index >= 15 is 0 Å². The molecule has 3 rings (SSSR count). The zero-order valence-corrected chi connectivity index (χ0v) is 18.9. The average Bonchev–Trinajstić information content (AvgIpc) is 2.70. The maximum atomic E-state index is 13.2. The van der Waals surface area contributed by atoms with Gasteiger partial charge in [-0.05, 0) is 85.6 Å². The fourth-order valence-corrected chi connectivity index (χ4v) is 6.16. The second-order valence-electron chi connectivity index (χ2n) is 6.68. The molecule has 0 aliphatic heterocycles. The van der Waals surface area contributed by atoms with E-state index in [1.807, 2.05) is 0 Å². The van der Waals surface area contributed by atoms with Crippen molar-refractivity contribution in [2.24, 2.45) is 0 Å². The van der Waals surface area contributed by atoms with Gasteiger partial charge in [-0.1, -0.05) is 11.6 Å². The highest BCUT2D eigenvalue weighted by atomic mass is 35.5. The van der Waals surface area contributed by atoms with Crippen LogP contribution >= 0.6 is 11.6 Å². The number of anilines is 1. The first-order chi connectivity index (χ1) is 14.0. The molecular formula is C21H20ClNO5S2. The smallest absolute Gasteiger partial charge is 0.262 e. The molecule has 0 unspecified atom stereocenters. The molecule has 0 saturated heterocycles. The molecule has 158 valence electrons. The standard InChI is InChI=1S/C21H20ClNO5S2/c1-14-12-20(29(24,25)19-10-4-16(22)5-11-19)15(2)21(13-14)30(26,27)23-17-6-8-18(28-3)9-7-17/h4-13,23H,1-3H3. The molecule has 0 aromatic heterocycles. The highest BCUT2D eigenvalue weighted by molar-refractivity contribution is 7.93. The Bertz CT molecular complexity index is 1280. The predicted octanol–water partition coefficient (Wildman–Crippen LogP) is 4.60. The molecule has 6 nitrogen and oxygen atoms in total. The van der Waals surface area contributed by atoms with Crippen LogP contribution in [0.25, 0.3) is 0 Å². The van der Waals surface area contributed by atoms with Crippen LogP contribution in [0.3, 0.4) is 0 Å². The molecule has 0 amide bonds. The van der Waals surface area contributed by atoms with Gasteiger partial charge in [0.2, 0.25) is 9.84 Å². The number of sulfonamides is 1. The van der Waals surface area contributed by atoms with Gasteiger partial charge in [0.1, 0.15) is 5.75 Å². The van der Waals surface area contributed by atoms with Crippen molar-refractivity contribution in [3.05, 3.63) is 76.8 Å². The SMILES string of the molecule is COc1ccc(NS(=O)(=O)c2cc(C)cc(S(=O)(=O)c3ccc(Cl)cc3)c2C)cc1. The summed E-state index contributed by atoms with van der Waals surface area (Å²) in [7, 11) is -6.46. The zero-order chi connectivity index (χ0) is 22.1. The summed E-state index contributed by atoms with van der Waals surface area (Å²) in [5, 5.41) is 0.405. The van der Waals surface area contributed by atoms with E-state index in [2.05, 4.69) is 4.72 Å². The summed E-state index contributed by atoms with van der Waals surface area (Å²) in [6.45, 7) is 3.12. The second kappa shape index (κ2) is 8.29. The minimum atomic E-state index is -4.03. The monoisotopic (exact) mass is 465 g/mol. The molecule has 30 heavy (non-hydrogen) atoms. The lowest BCUT2D eigenvalue weighted by Gasteiger charge is -2.15. The average molecular weight is 466 g/mol. The van der Waals surface area contributed by atoms with Gasteiger partial charge >= 0.3 is 0 Å². The zero-order valence-electron chi connectivity index (χ0n) is 16.5. The number of rotatable bonds is 6. The summed E-state index contributed by atoms with van der Waals surface area (Å²) in [4.78, 5) is -0.141. The molecule has 3 aromatic rings. The number of nitrogens with one attached hydrogen (secondary N) is 1. The number of halogens is 1. The van der Waals surface area contributed by atoms with Crippen molar-refractivity contribution in [1.29, 1.82) is 0 Å². The Kier molecular flexibility index (Phi) is 6.12. The van der Waals surface area contributed by atoms with Gasteiger partial charge in [0, 0.05) is 10.7 Å². The molecule has 0 spiro atoms. The predicted molar refractivity (Wildman–Crippen MR) is 117 cm³/mol. The molecule has 1 N–H and O–H groups in total. The van der Waals surface area contributed by atoms with Crippen molar-refractivity contribution < 1.29 is 21.6 Å². The third kappa shape index (κ3) is 4.45. The largest absolute Gasteiger partial charge is 0.497 e. The van der Waals surface area contributed by atoms with E-state index in [0.717, 1.165) is 0 Å². The highest BCUT2D eigenvalue weighted by Crippen LogP contribution is 2.31. The third-order valence-electron chi connectivity index (χ3n) is 4.50. The van der Waals surface area contributed by atoms with Crippen molar-refractivity contribution in [2.75, 3.05) is 11.8 Å². The van der Waals surface area contributed by atoms with Gasteiger partial charge in [-0.2, -0.15) is 0 Å². The normalized spacial score (nSPS) is 11.9. The lowest BCUT2D eigenvalue weighted by Crippen LogP contribution is -2.16. The molecule has 0 saturated carbocycles. The van der Waals surface area contributed by atoms with Gasteiger partial charge in [-0.15, -0.1) is 0 Å². The Morgan fingerprint density at radius 2 is 1.40 bits per heavy atom. The molecule has 0 aliphatic carbocycles. The van der Waals surface area contributed by atoms with Gasteiger partial charge in [-0.3, -0.25) is 4.72 Å². The van der Waals surface area contributed by atoms with E-state index in [1.54, 1.807) is 31.2 Å². The molecule has 0 fully saturated rings. The lowest BCUT2D eigenvalue weighted by molar-refractivity contribution is 0.415. The number of methoxy groups -OCH3 is 1. The van der Waals surface area contributed by atoms with Crippen LogP contribution in [0.15, 0.2) is 75.4 Å². The summed E-state index contributed by atoms with van der Waals surface area (Å²) in [5.74, 6) is 0.584. The van der Waals surface area contributed by atoms with Gasteiger partial charge in [0.15, 0.2) is 0 Å². The molecule has 3 aromatic carbocycles. The van der Waals surface area contributed by atoms with Gasteiger partial charge < -0.3 is 4.74 Å². The second-order valence-corrected chi connectivity index (χ2v) is 10.7. The number of hydrogen-bond donors (Lipinski definition) is 1. The molecular weight excluding hydrogens is 446 g/mol. The van der Waals surface area contributed by atoms with Crippen molar-refractivity contribution in [3.63, 3.8) is 0 Å². The minimum absolute atomic E-state index is 0.0343. The topological polar surface area (TPSA) is 89.5 Å². The maximum Gasteiger partial charge on any atom is 0.262 e. The van der Waals surface area contributed by atoms with Gasteiger partial charge in [0.25, 0.3) is 10.0 Å². The van der Waals surface area contributed by atoms with Crippen molar-refractivity contribution in [1.82, 2.24) is 0 Å². The van der Waals surface area contributed by atoms with E-state index in [-0.39, 0.29) is 20.2 Å². The molecule has 0 aliphatic rings. The summed E-state index contributed by atoms with van der Waals surface area (Å²) in [5.41, 5.74) is 0.971. The lowest BCUT2D eigenvalue weighted by atomic mass is 10.2. The fourth-order valence-electron chi connectivity index (χ4n) is 2.96. The Morgan fingerprint density at radius 3 is 1.97 bits per heavy atom. The van der Waals surface area contributed by atoms with Crippen LogP contribution in [0.5, 0.6) is 5.75 Å². The van der Waals surface area contributed by atoms with Crippen LogP contribution in [0, 0.1) is 13.8 Å². The van der Waals surface area contributed by atoms with Crippen LogP contribution in [0.4, 0.5) is 5.69 Å². The Labute approximate surface area is 181 Å². The highest BCUT2D eigenvalue weighted by Gasteiger charge is 2.26. The van der Waals surface area contributed by atoms with E-state index < -0.39 is 19.9 Å².